The number of aryl methyl sites for hydroxylation is 1. The number of benzene rings is 1. The topological polar surface area (TPSA) is 38.0 Å². The third kappa shape index (κ3) is 3.35. The molecule has 1 aromatic carbocycles. The number of hydrogen-bond donors (Lipinski definition) is 2. The molecule has 0 spiro atoms. The average Bonchev–Trinajstić information content (AvgIpc) is 2.12. The van der Waals surface area contributed by atoms with Crippen molar-refractivity contribution >= 4 is 11.6 Å². The minimum atomic E-state index is 0.666. The highest BCUT2D eigenvalue weighted by atomic mass is 35.5. The van der Waals surface area contributed by atoms with Crippen LogP contribution in [0.1, 0.15) is 11.1 Å². The summed E-state index contributed by atoms with van der Waals surface area (Å²) in [5.74, 6) is 0. The van der Waals surface area contributed by atoms with Crippen molar-refractivity contribution in [1.82, 2.24) is 5.32 Å². The second-order valence-electron chi connectivity index (χ2n) is 3.05. The summed E-state index contributed by atoms with van der Waals surface area (Å²) in [5, 5.41) is 4.04. The summed E-state index contributed by atoms with van der Waals surface area (Å²) in [4.78, 5) is 0. The van der Waals surface area contributed by atoms with E-state index in [2.05, 4.69) is 11.4 Å². The first-order chi connectivity index (χ1) is 6.24. The normalized spacial score (nSPS) is 10.4. The van der Waals surface area contributed by atoms with Crippen molar-refractivity contribution in [1.29, 1.82) is 0 Å². The molecule has 0 bridgehead atoms. The van der Waals surface area contributed by atoms with Crippen molar-refractivity contribution in [2.45, 2.75) is 13.5 Å². The molecule has 72 valence electrons. The van der Waals surface area contributed by atoms with Crippen LogP contribution in [-0.4, -0.2) is 13.1 Å². The van der Waals surface area contributed by atoms with Gasteiger partial charge < -0.3 is 11.1 Å². The molecule has 0 saturated carbocycles. The molecule has 0 unspecified atom stereocenters. The van der Waals surface area contributed by atoms with E-state index in [1.165, 1.54) is 5.56 Å². The van der Waals surface area contributed by atoms with E-state index in [-0.39, 0.29) is 0 Å². The Morgan fingerprint density at radius 3 is 2.85 bits per heavy atom. The van der Waals surface area contributed by atoms with Crippen molar-refractivity contribution in [3.63, 3.8) is 0 Å². The first-order valence-electron chi connectivity index (χ1n) is 4.40. The molecular formula is C10H15ClN2. The van der Waals surface area contributed by atoms with Gasteiger partial charge >= 0.3 is 0 Å². The maximum Gasteiger partial charge on any atom is 0.0438 e. The minimum absolute atomic E-state index is 0.666. The molecule has 0 aliphatic rings. The van der Waals surface area contributed by atoms with Gasteiger partial charge in [-0.2, -0.15) is 0 Å². The molecule has 0 aliphatic carbocycles. The predicted molar refractivity (Wildman–Crippen MR) is 57.0 cm³/mol. The van der Waals surface area contributed by atoms with Crippen molar-refractivity contribution in [3.8, 4) is 0 Å². The van der Waals surface area contributed by atoms with E-state index in [1.54, 1.807) is 0 Å². The van der Waals surface area contributed by atoms with Gasteiger partial charge in [-0.25, -0.2) is 0 Å². The van der Waals surface area contributed by atoms with Crippen LogP contribution in [0.25, 0.3) is 0 Å². The Bertz CT molecular complexity index is 274. The lowest BCUT2D eigenvalue weighted by Gasteiger charge is -2.04. The van der Waals surface area contributed by atoms with Gasteiger partial charge in [0.25, 0.3) is 0 Å². The lowest BCUT2D eigenvalue weighted by molar-refractivity contribution is 0.695. The third-order valence-electron chi connectivity index (χ3n) is 1.89. The molecule has 0 atom stereocenters. The summed E-state index contributed by atoms with van der Waals surface area (Å²) in [7, 11) is 0. The summed E-state index contributed by atoms with van der Waals surface area (Å²) in [6, 6.07) is 6.09. The Kier molecular flexibility index (Phi) is 4.22. The van der Waals surface area contributed by atoms with Crippen LogP contribution in [0.5, 0.6) is 0 Å². The van der Waals surface area contributed by atoms with Gasteiger partial charge in [-0.1, -0.05) is 23.7 Å². The van der Waals surface area contributed by atoms with Gasteiger partial charge in [0.05, 0.1) is 0 Å². The lowest BCUT2D eigenvalue weighted by Crippen LogP contribution is -2.21. The van der Waals surface area contributed by atoms with Crippen molar-refractivity contribution in [2.24, 2.45) is 5.73 Å². The molecule has 0 aliphatic heterocycles. The molecule has 3 heteroatoms. The van der Waals surface area contributed by atoms with Gasteiger partial charge in [-0.15, -0.1) is 0 Å². The van der Waals surface area contributed by atoms with E-state index in [9.17, 15) is 0 Å². The molecule has 2 nitrogen and oxygen atoms in total. The molecule has 0 aromatic heterocycles. The molecular weight excluding hydrogens is 184 g/mol. The fourth-order valence-corrected chi connectivity index (χ4v) is 1.28. The number of halogens is 1. The number of rotatable bonds is 4. The monoisotopic (exact) mass is 198 g/mol. The standard InChI is InChI=1S/C10H15ClN2/c1-8-2-3-9(6-10(8)11)7-13-5-4-12/h2-3,6,13H,4-5,7,12H2,1H3. The number of nitrogens with two attached hydrogens (primary N) is 1. The van der Waals surface area contributed by atoms with Crippen LogP contribution in [0.4, 0.5) is 0 Å². The van der Waals surface area contributed by atoms with E-state index in [4.69, 9.17) is 17.3 Å². The molecule has 0 saturated heterocycles. The average molecular weight is 199 g/mol. The minimum Gasteiger partial charge on any atom is -0.329 e. The zero-order valence-electron chi connectivity index (χ0n) is 7.81. The van der Waals surface area contributed by atoms with Crippen LogP contribution in [0, 0.1) is 6.92 Å². The largest absolute Gasteiger partial charge is 0.329 e. The van der Waals surface area contributed by atoms with Gasteiger partial charge in [0.2, 0.25) is 0 Å². The maximum absolute atomic E-state index is 5.97. The Morgan fingerprint density at radius 2 is 2.23 bits per heavy atom. The zero-order valence-corrected chi connectivity index (χ0v) is 8.56. The highest BCUT2D eigenvalue weighted by molar-refractivity contribution is 6.31. The first kappa shape index (κ1) is 10.5. The maximum atomic E-state index is 5.97. The van der Waals surface area contributed by atoms with Crippen molar-refractivity contribution in [3.05, 3.63) is 34.3 Å². The molecule has 0 radical (unpaired) electrons. The molecule has 1 rings (SSSR count). The van der Waals surface area contributed by atoms with Crippen LogP contribution >= 0.6 is 11.6 Å². The molecule has 0 heterocycles. The summed E-state index contributed by atoms with van der Waals surface area (Å²) < 4.78 is 0. The van der Waals surface area contributed by atoms with E-state index in [0.717, 1.165) is 23.7 Å². The van der Waals surface area contributed by atoms with Crippen LogP contribution in [-0.2, 0) is 6.54 Å². The number of nitrogens with one attached hydrogen (secondary N) is 1. The fraction of sp³-hybridized carbons (Fsp3) is 0.400. The Hall–Kier alpha value is -0.570. The van der Waals surface area contributed by atoms with Crippen LogP contribution in [0.15, 0.2) is 18.2 Å². The first-order valence-corrected chi connectivity index (χ1v) is 4.77. The Balaban J connectivity index is 2.53. The summed E-state index contributed by atoms with van der Waals surface area (Å²) >= 11 is 5.97. The SMILES string of the molecule is Cc1ccc(CNCCN)cc1Cl. The van der Waals surface area contributed by atoms with E-state index in [1.807, 2.05) is 19.1 Å². The number of hydrogen-bond acceptors (Lipinski definition) is 2. The van der Waals surface area contributed by atoms with Gasteiger partial charge in [0.1, 0.15) is 0 Å². The fourth-order valence-electron chi connectivity index (χ4n) is 1.08. The summed E-state index contributed by atoms with van der Waals surface area (Å²) in [6.07, 6.45) is 0. The van der Waals surface area contributed by atoms with Crippen LogP contribution in [0.2, 0.25) is 5.02 Å². The highest BCUT2D eigenvalue weighted by Crippen LogP contribution is 2.16. The molecule has 3 N–H and O–H groups in total. The zero-order chi connectivity index (χ0) is 9.68. The van der Waals surface area contributed by atoms with Crippen molar-refractivity contribution in [2.75, 3.05) is 13.1 Å². The summed E-state index contributed by atoms with van der Waals surface area (Å²) in [5.41, 5.74) is 7.67. The van der Waals surface area contributed by atoms with Crippen LogP contribution in [0.3, 0.4) is 0 Å². The van der Waals surface area contributed by atoms with Gasteiger partial charge in [-0.05, 0) is 24.1 Å². The highest BCUT2D eigenvalue weighted by Gasteiger charge is 1.96. The Labute approximate surface area is 84.1 Å². The lowest BCUT2D eigenvalue weighted by atomic mass is 10.1. The second-order valence-corrected chi connectivity index (χ2v) is 3.46. The van der Waals surface area contributed by atoms with E-state index in [0.29, 0.717) is 6.54 Å². The smallest absolute Gasteiger partial charge is 0.0438 e. The van der Waals surface area contributed by atoms with Gasteiger partial charge in [0, 0.05) is 24.7 Å². The van der Waals surface area contributed by atoms with Gasteiger partial charge in [0.15, 0.2) is 0 Å². The second kappa shape index (κ2) is 5.22. The van der Waals surface area contributed by atoms with E-state index >= 15 is 0 Å². The molecule has 1 aromatic rings. The Morgan fingerprint density at radius 1 is 1.46 bits per heavy atom. The molecule has 13 heavy (non-hydrogen) atoms. The quantitative estimate of drug-likeness (QED) is 0.723. The van der Waals surface area contributed by atoms with Gasteiger partial charge in [-0.3, -0.25) is 0 Å². The molecule has 0 amide bonds. The summed E-state index contributed by atoms with van der Waals surface area (Å²) in [6.45, 7) is 4.34. The molecule has 0 fully saturated rings. The van der Waals surface area contributed by atoms with Crippen molar-refractivity contribution < 1.29 is 0 Å². The third-order valence-corrected chi connectivity index (χ3v) is 2.29. The predicted octanol–water partition coefficient (Wildman–Crippen LogP) is 1.70. The van der Waals surface area contributed by atoms with E-state index < -0.39 is 0 Å². The van der Waals surface area contributed by atoms with Crippen LogP contribution < -0.4 is 11.1 Å².